The molecule has 0 aliphatic heterocycles. The highest BCUT2D eigenvalue weighted by Crippen LogP contribution is 2.20. The minimum Gasteiger partial charge on any atom is -0.305 e. The van der Waals surface area contributed by atoms with Gasteiger partial charge in [-0.15, -0.1) is 0 Å². The van der Waals surface area contributed by atoms with Crippen molar-refractivity contribution in [3.8, 4) is 0 Å². The van der Waals surface area contributed by atoms with E-state index in [-0.39, 0.29) is 0 Å². The van der Waals surface area contributed by atoms with Crippen molar-refractivity contribution in [2.24, 2.45) is 0 Å². The summed E-state index contributed by atoms with van der Waals surface area (Å²) >= 11 is 1.44. The van der Waals surface area contributed by atoms with Crippen LogP contribution >= 0.6 is 12.0 Å². The molecule has 0 bridgehead atoms. The number of benzene rings is 2. The lowest BCUT2D eigenvalue weighted by molar-refractivity contribution is 0.364. The van der Waals surface area contributed by atoms with Crippen LogP contribution in [0.3, 0.4) is 0 Å². The van der Waals surface area contributed by atoms with Gasteiger partial charge in [0.15, 0.2) is 0 Å². The molecule has 0 radical (unpaired) electrons. The highest BCUT2D eigenvalue weighted by molar-refractivity contribution is 7.94. The van der Waals surface area contributed by atoms with Crippen LogP contribution in [-0.2, 0) is 17.2 Å². The zero-order chi connectivity index (χ0) is 15.5. The Balaban J connectivity index is 1.66. The summed E-state index contributed by atoms with van der Waals surface area (Å²) in [5.74, 6) is 0. The molecule has 2 aromatic carbocycles. The molecule has 22 heavy (non-hydrogen) atoms. The van der Waals surface area contributed by atoms with Crippen molar-refractivity contribution < 1.29 is 4.18 Å². The van der Waals surface area contributed by atoms with Gasteiger partial charge in [0.25, 0.3) is 0 Å². The fraction of sp³-hybridized carbons (Fsp3) is 0.400. The Morgan fingerprint density at radius 2 is 1.45 bits per heavy atom. The van der Waals surface area contributed by atoms with Gasteiger partial charge in [0.05, 0.1) is 6.61 Å². The van der Waals surface area contributed by atoms with Crippen molar-refractivity contribution in [3.05, 3.63) is 65.7 Å². The molecule has 0 fully saturated rings. The third kappa shape index (κ3) is 6.67. The first-order valence-electron chi connectivity index (χ1n) is 8.31. The van der Waals surface area contributed by atoms with Crippen LogP contribution in [0.25, 0.3) is 0 Å². The van der Waals surface area contributed by atoms with E-state index in [1.807, 2.05) is 18.2 Å². The first-order chi connectivity index (χ1) is 10.9. The van der Waals surface area contributed by atoms with E-state index in [0.717, 1.165) is 4.90 Å². The van der Waals surface area contributed by atoms with Crippen LogP contribution in [0.15, 0.2) is 59.5 Å². The van der Waals surface area contributed by atoms with E-state index in [1.54, 1.807) is 0 Å². The van der Waals surface area contributed by atoms with Gasteiger partial charge >= 0.3 is 0 Å². The summed E-state index contributed by atoms with van der Waals surface area (Å²) in [7, 11) is 0. The Bertz CT molecular complexity index is 507. The third-order valence-corrected chi connectivity index (χ3v) is 4.42. The molecule has 0 saturated heterocycles. The van der Waals surface area contributed by atoms with Gasteiger partial charge in [0, 0.05) is 16.9 Å². The molecule has 2 rings (SSSR count). The summed E-state index contributed by atoms with van der Waals surface area (Å²) in [6.45, 7) is 2.91. The topological polar surface area (TPSA) is 9.23 Å². The van der Waals surface area contributed by atoms with Gasteiger partial charge in [-0.1, -0.05) is 75.1 Å². The van der Waals surface area contributed by atoms with Crippen molar-refractivity contribution >= 4 is 12.0 Å². The lowest BCUT2D eigenvalue weighted by atomic mass is 10.0. The van der Waals surface area contributed by atoms with Crippen LogP contribution in [0.2, 0.25) is 0 Å². The molecule has 2 aromatic rings. The molecule has 0 amide bonds. The minimum atomic E-state index is 0.649. The predicted octanol–water partition coefficient (Wildman–Crippen LogP) is 6.42. The Labute approximate surface area is 139 Å². The smallest absolute Gasteiger partial charge is 0.0869 e. The SMILES string of the molecule is CCCCCCCc1ccc(COSc2ccccc2)cc1. The lowest BCUT2D eigenvalue weighted by Crippen LogP contribution is -1.89. The summed E-state index contributed by atoms with van der Waals surface area (Å²) < 4.78 is 5.69. The third-order valence-electron chi connectivity index (χ3n) is 3.72. The van der Waals surface area contributed by atoms with Crippen LogP contribution in [0.5, 0.6) is 0 Å². The first-order valence-corrected chi connectivity index (χ1v) is 9.05. The van der Waals surface area contributed by atoms with Crippen LogP contribution in [-0.4, -0.2) is 0 Å². The van der Waals surface area contributed by atoms with Gasteiger partial charge in [-0.2, -0.15) is 0 Å². The van der Waals surface area contributed by atoms with E-state index in [0.29, 0.717) is 6.61 Å². The Morgan fingerprint density at radius 3 is 2.18 bits per heavy atom. The van der Waals surface area contributed by atoms with Crippen molar-refractivity contribution in [3.63, 3.8) is 0 Å². The standard InChI is InChI=1S/C20H26OS/c1-2-3-4-5-7-10-18-13-15-19(16-14-18)17-21-22-20-11-8-6-9-12-20/h6,8-9,11-16H,2-5,7,10,17H2,1H3. The monoisotopic (exact) mass is 314 g/mol. The number of aryl methyl sites for hydroxylation is 1. The molecule has 0 aliphatic carbocycles. The highest BCUT2D eigenvalue weighted by atomic mass is 32.2. The molecule has 0 heterocycles. The average molecular weight is 314 g/mol. The lowest BCUT2D eigenvalue weighted by Gasteiger charge is -2.05. The van der Waals surface area contributed by atoms with Gasteiger partial charge in [-0.05, 0) is 36.1 Å². The predicted molar refractivity (Wildman–Crippen MR) is 96.0 cm³/mol. The Hall–Kier alpha value is -1.25. The number of hydrogen-bond acceptors (Lipinski definition) is 2. The summed E-state index contributed by atoms with van der Waals surface area (Å²) in [4.78, 5) is 1.14. The summed E-state index contributed by atoms with van der Waals surface area (Å²) in [6.07, 6.45) is 7.92. The molecule has 0 saturated carbocycles. The fourth-order valence-corrected chi connectivity index (χ4v) is 2.98. The molecular formula is C20H26OS. The number of unbranched alkanes of at least 4 members (excludes halogenated alkanes) is 4. The van der Waals surface area contributed by atoms with Gasteiger partial charge in [-0.25, -0.2) is 0 Å². The van der Waals surface area contributed by atoms with Crippen molar-refractivity contribution in [2.45, 2.75) is 57.0 Å². The quantitative estimate of drug-likeness (QED) is 0.369. The molecule has 0 unspecified atom stereocenters. The first kappa shape index (κ1) is 17.1. The number of hydrogen-bond donors (Lipinski definition) is 0. The van der Waals surface area contributed by atoms with E-state index < -0.39 is 0 Å². The molecular weight excluding hydrogens is 288 g/mol. The zero-order valence-corrected chi connectivity index (χ0v) is 14.3. The van der Waals surface area contributed by atoms with Crippen LogP contribution in [0.1, 0.15) is 50.2 Å². The second kappa shape index (κ2) is 10.5. The van der Waals surface area contributed by atoms with Crippen LogP contribution in [0.4, 0.5) is 0 Å². The summed E-state index contributed by atoms with van der Waals surface area (Å²) in [5.41, 5.74) is 2.68. The molecule has 0 aliphatic rings. The molecule has 118 valence electrons. The molecule has 2 heteroatoms. The molecule has 0 spiro atoms. The zero-order valence-electron chi connectivity index (χ0n) is 13.5. The number of rotatable bonds is 10. The van der Waals surface area contributed by atoms with Crippen LogP contribution in [0, 0.1) is 0 Å². The van der Waals surface area contributed by atoms with Crippen molar-refractivity contribution in [1.82, 2.24) is 0 Å². The van der Waals surface area contributed by atoms with E-state index in [2.05, 4.69) is 43.3 Å². The average Bonchev–Trinajstić information content (AvgIpc) is 2.57. The highest BCUT2D eigenvalue weighted by Gasteiger charge is 1.98. The normalized spacial score (nSPS) is 10.8. The van der Waals surface area contributed by atoms with Crippen molar-refractivity contribution in [2.75, 3.05) is 0 Å². The van der Waals surface area contributed by atoms with Gasteiger partial charge in [-0.3, -0.25) is 0 Å². The van der Waals surface area contributed by atoms with Crippen molar-refractivity contribution in [1.29, 1.82) is 0 Å². The van der Waals surface area contributed by atoms with Gasteiger partial charge < -0.3 is 4.18 Å². The maximum atomic E-state index is 5.69. The van der Waals surface area contributed by atoms with E-state index >= 15 is 0 Å². The van der Waals surface area contributed by atoms with E-state index in [9.17, 15) is 0 Å². The second-order valence-corrected chi connectivity index (χ2v) is 6.51. The van der Waals surface area contributed by atoms with E-state index in [4.69, 9.17) is 4.18 Å². The van der Waals surface area contributed by atoms with Gasteiger partial charge in [0.1, 0.15) is 0 Å². The maximum Gasteiger partial charge on any atom is 0.0869 e. The molecule has 0 aromatic heterocycles. The molecule has 1 nitrogen and oxygen atoms in total. The fourth-order valence-electron chi connectivity index (χ4n) is 2.38. The van der Waals surface area contributed by atoms with Crippen LogP contribution < -0.4 is 0 Å². The second-order valence-electron chi connectivity index (χ2n) is 5.64. The minimum absolute atomic E-state index is 0.649. The Kier molecular flexibility index (Phi) is 8.14. The largest absolute Gasteiger partial charge is 0.305 e. The summed E-state index contributed by atoms with van der Waals surface area (Å²) in [5, 5.41) is 0. The van der Waals surface area contributed by atoms with E-state index in [1.165, 1.54) is 61.7 Å². The maximum absolute atomic E-state index is 5.69. The molecule has 0 atom stereocenters. The summed E-state index contributed by atoms with van der Waals surface area (Å²) in [6, 6.07) is 19.1. The Morgan fingerprint density at radius 1 is 0.773 bits per heavy atom. The van der Waals surface area contributed by atoms with Gasteiger partial charge in [0.2, 0.25) is 0 Å². The molecule has 0 N–H and O–H groups in total.